The van der Waals surface area contributed by atoms with Gasteiger partial charge in [-0.25, -0.2) is 9.67 Å². The lowest BCUT2D eigenvalue weighted by Gasteiger charge is -2.15. The molecule has 27 heavy (non-hydrogen) atoms. The van der Waals surface area contributed by atoms with Crippen LogP contribution in [0.5, 0.6) is 0 Å². The summed E-state index contributed by atoms with van der Waals surface area (Å²) in [5, 5.41) is 19.1. The number of thiazole rings is 1. The van der Waals surface area contributed by atoms with Gasteiger partial charge in [-0.05, 0) is 12.1 Å². The highest BCUT2D eigenvalue weighted by Crippen LogP contribution is 2.37. The molecule has 0 saturated heterocycles. The number of azo groups is 1. The van der Waals surface area contributed by atoms with E-state index in [0.717, 1.165) is 33.1 Å². The number of para-hydroxylation sites is 1. The molecule has 0 atom stereocenters. The van der Waals surface area contributed by atoms with Crippen LogP contribution in [-0.4, -0.2) is 24.4 Å². The van der Waals surface area contributed by atoms with Crippen LogP contribution in [0.3, 0.4) is 0 Å². The summed E-state index contributed by atoms with van der Waals surface area (Å²) in [6, 6.07) is 8.01. The summed E-state index contributed by atoms with van der Waals surface area (Å²) >= 11 is 1.53. The predicted octanol–water partition coefficient (Wildman–Crippen LogP) is 5.51. The van der Waals surface area contributed by atoms with Gasteiger partial charge in [-0.3, -0.25) is 0 Å². The van der Waals surface area contributed by atoms with Crippen LogP contribution in [0.25, 0.3) is 15.9 Å². The Morgan fingerprint density at radius 3 is 2.48 bits per heavy atom. The average molecular weight is 382 g/mol. The average Bonchev–Trinajstić information content (AvgIpc) is 3.25. The van der Waals surface area contributed by atoms with Gasteiger partial charge >= 0.3 is 0 Å². The maximum absolute atomic E-state index is 4.84. The van der Waals surface area contributed by atoms with E-state index in [1.54, 1.807) is 0 Å². The third kappa shape index (κ3) is 3.03. The number of fused-ring (bicyclic) bond motifs is 2. The van der Waals surface area contributed by atoms with Gasteiger partial charge in [-0.2, -0.15) is 14.7 Å². The predicted molar refractivity (Wildman–Crippen MR) is 109 cm³/mol. The second kappa shape index (κ2) is 6.23. The zero-order valence-corrected chi connectivity index (χ0v) is 17.2. The number of benzene rings is 1. The summed E-state index contributed by atoms with van der Waals surface area (Å²) in [4.78, 5) is 4.55. The Morgan fingerprint density at radius 2 is 1.81 bits per heavy atom. The number of hydrogen-bond acceptors (Lipinski definition) is 6. The molecule has 140 valence electrons. The third-order valence-electron chi connectivity index (χ3n) is 4.36. The van der Waals surface area contributed by atoms with Crippen LogP contribution in [0.4, 0.5) is 10.8 Å². The fourth-order valence-corrected chi connectivity index (χ4v) is 3.83. The summed E-state index contributed by atoms with van der Waals surface area (Å²) in [6.45, 7) is 10.6. The molecule has 8 heteroatoms. The second-order valence-electron chi connectivity index (χ2n) is 7.98. The Balaban J connectivity index is 1.88. The first-order valence-electron chi connectivity index (χ1n) is 8.99. The quantitative estimate of drug-likeness (QED) is 0.439. The first kappa shape index (κ1) is 17.8. The normalized spacial score (nSPS) is 13.0. The molecule has 0 bridgehead atoms. The minimum Gasteiger partial charge on any atom is -0.247 e. The number of hydrogen-bond donors (Lipinski definition) is 0. The Bertz CT molecular complexity index is 1120. The molecule has 0 aliphatic heterocycles. The maximum atomic E-state index is 4.84. The highest BCUT2D eigenvalue weighted by atomic mass is 32.1. The van der Waals surface area contributed by atoms with E-state index in [4.69, 9.17) is 5.10 Å². The van der Waals surface area contributed by atoms with E-state index < -0.39 is 0 Å². The summed E-state index contributed by atoms with van der Waals surface area (Å²) < 4.78 is 4.84. The fraction of sp³-hybridized carbons (Fsp3) is 0.421. The number of nitrogens with zero attached hydrogens (tertiary/aromatic N) is 7. The van der Waals surface area contributed by atoms with Gasteiger partial charge in [-0.15, -0.1) is 10.2 Å². The molecule has 0 N–H and O–H groups in total. The van der Waals surface area contributed by atoms with E-state index in [1.165, 1.54) is 11.3 Å². The first-order chi connectivity index (χ1) is 12.8. The standard InChI is InChI=1S/C19H23N7S/c1-11(2)16-24-25(6)17-14(15(19(3,4)5)23-26(16)17)21-22-18-20-12-9-7-8-10-13(12)27-18/h7-11H,1-6H3. The van der Waals surface area contributed by atoms with Gasteiger partial charge < -0.3 is 0 Å². The molecular weight excluding hydrogens is 358 g/mol. The summed E-state index contributed by atoms with van der Waals surface area (Å²) in [6.07, 6.45) is 0. The van der Waals surface area contributed by atoms with Crippen LogP contribution >= 0.6 is 11.3 Å². The minimum absolute atomic E-state index is 0.164. The van der Waals surface area contributed by atoms with Gasteiger partial charge in [0.05, 0.1) is 15.9 Å². The molecule has 4 rings (SSSR count). The molecular formula is C19H23N7S. The van der Waals surface area contributed by atoms with Crippen molar-refractivity contribution >= 4 is 38.0 Å². The number of rotatable bonds is 3. The van der Waals surface area contributed by atoms with E-state index >= 15 is 0 Å². The molecule has 0 spiro atoms. The van der Waals surface area contributed by atoms with Crippen LogP contribution < -0.4 is 0 Å². The molecule has 7 nitrogen and oxygen atoms in total. The Morgan fingerprint density at radius 1 is 1.07 bits per heavy atom. The van der Waals surface area contributed by atoms with Crippen LogP contribution in [0, 0.1) is 0 Å². The molecule has 3 heterocycles. The van der Waals surface area contributed by atoms with Crippen molar-refractivity contribution in [1.29, 1.82) is 0 Å². The van der Waals surface area contributed by atoms with E-state index in [2.05, 4.69) is 54.9 Å². The Kier molecular flexibility index (Phi) is 4.10. The molecule has 0 amide bonds. The lowest BCUT2D eigenvalue weighted by molar-refractivity contribution is 0.558. The van der Waals surface area contributed by atoms with Crippen molar-refractivity contribution in [3.8, 4) is 0 Å². The molecule has 1 aromatic carbocycles. The van der Waals surface area contributed by atoms with Crippen LogP contribution in [-0.2, 0) is 12.5 Å². The van der Waals surface area contributed by atoms with E-state index in [-0.39, 0.29) is 11.3 Å². The van der Waals surface area contributed by atoms with Crippen molar-refractivity contribution in [3.05, 3.63) is 35.8 Å². The largest absolute Gasteiger partial charge is 0.247 e. The van der Waals surface area contributed by atoms with Crippen molar-refractivity contribution in [1.82, 2.24) is 24.4 Å². The SMILES string of the molecule is CC(C)c1nn(C)c2c(N=Nc3nc4ccccc4s3)c(C(C)(C)C)nn12. The van der Waals surface area contributed by atoms with Gasteiger partial charge in [0.2, 0.25) is 5.13 Å². The van der Waals surface area contributed by atoms with E-state index in [1.807, 2.05) is 40.5 Å². The lowest BCUT2D eigenvalue weighted by Crippen LogP contribution is -2.13. The Labute approximate surface area is 161 Å². The zero-order chi connectivity index (χ0) is 19.3. The van der Waals surface area contributed by atoms with E-state index in [9.17, 15) is 0 Å². The number of aromatic nitrogens is 5. The highest BCUT2D eigenvalue weighted by molar-refractivity contribution is 7.21. The molecule has 0 aliphatic rings. The zero-order valence-electron chi connectivity index (χ0n) is 16.4. The summed E-state index contributed by atoms with van der Waals surface area (Å²) in [5.41, 5.74) is 3.29. The smallest absolute Gasteiger partial charge is 0.231 e. The van der Waals surface area contributed by atoms with Crippen LogP contribution in [0.1, 0.15) is 52.1 Å². The fourth-order valence-electron chi connectivity index (χ4n) is 3.05. The molecule has 4 aromatic rings. The van der Waals surface area contributed by atoms with Gasteiger partial charge in [0.25, 0.3) is 0 Å². The van der Waals surface area contributed by atoms with Crippen LogP contribution in [0.15, 0.2) is 34.5 Å². The van der Waals surface area contributed by atoms with Gasteiger partial charge in [0.15, 0.2) is 17.2 Å². The van der Waals surface area contributed by atoms with Crippen molar-refractivity contribution in [2.24, 2.45) is 17.3 Å². The van der Waals surface area contributed by atoms with Crippen molar-refractivity contribution in [2.45, 2.75) is 46.0 Å². The molecule has 0 fully saturated rings. The monoisotopic (exact) mass is 381 g/mol. The van der Waals surface area contributed by atoms with Gasteiger partial charge in [0.1, 0.15) is 0 Å². The molecule has 0 saturated carbocycles. The van der Waals surface area contributed by atoms with Gasteiger partial charge in [0, 0.05) is 18.4 Å². The summed E-state index contributed by atoms with van der Waals surface area (Å²) in [7, 11) is 1.92. The highest BCUT2D eigenvalue weighted by Gasteiger charge is 2.28. The van der Waals surface area contributed by atoms with E-state index in [0.29, 0.717) is 5.13 Å². The molecule has 0 unspecified atom stereocenters. The molecule has 0 aliphatic carbocycles. The van der Waals surface area contributed by atoms with Gasteiger partial charge in [-0.1, -0.05) is 58.1 Å². The van der Waals surface area contributed by atoms with Crippen molar-refractivity contribution in [2.75, 3.05) is 0 Å². The molecule has 0 radical (unpaired) electrons. The Hall–Kier alpha value is -2.61. The van der Waals surface area contributed by atoms with Crippen molar-refractivity contribution in [3.63, 3.8) is 0 Å². The maximum Gasteiger partial charge on any atom is 0.231 e. The second-order valence-corrected chi connectivity index (χ2v) is 8.99. The van der Waals surface area contributed by atoms with Crippen molar-refractivity contribution < 1.29 is 0 Å². The summed E-state index contributed by atoms with van der Waals surface area (Å²) in [5.74, 6) is 1.18. The third-order valence-corrected chi connectivity index (χ3v) is 5.28. The minimum atomic E-state index is -0.164. The number of aryl methyl sites for hydroxylation is 1. The topological polar surface area (TPSA) is 72.7 Å². The lowest BCUT2D eigenvalue weighted by atomic mass is 9.91. The molecule has 3 aromatic heterocycles. The first-order valence-corrected chi connectivity index (χ1v) is 9.81. The van der Waals surface area contributed by atoms with Crippen LogP contribution in [0.2, 0.25) is 0 Å².